The second-order valence-corrected chi connectivity index (χ2v) is 8.43. The number of nitrogens with two attached hydrogens (primary N) is 1. The Kier molecular flexibility index (Phi) is 10.2. The molecule has 2 amide bonds. The second-order valence-electron chi connectivity index (χ2n) is 8.43. The number of benzene rings is 3. The molecule has 1 heterocycles. The third-order valence-electron chi connectivity index (χ3n) is 5.71. The van der Waals surface area contributed by atoms with Crippen LogP contribution < -0.4 is 16.0 Å². The van der Waals surface area contributed by atoms with Crippen LogP contribution in [0.1, 0.15) is 18.4 Å². The average molecular weight is 518 g/mol. The van der Waals surface area contributed by atoms with E-state index in [1.165, 1.54) is 12.8 Å². The fraction of sp³-hybridized carbons (Fsp3) is 0.214. The highest BCUT2D eigenvalue weighted by atomic mass is 16.4. The summed E-state index contributed by atoms with van der Waals surface area (Å²) >= 11 is 0. The van der Waals surface area contributed by atoms with Crippen molar-refractivity contribution >= 4 is 41.0 Å². The first-order valence-corrected chi connectivity index (χ1v) is 12.2. The van der Waals surface area contributed by atoms with E-state index in [1.807, 2.05) is 84.9 Å². The molecule has 10 nitrogen and oxygen atoms in total. The van der Waals surface area contributed by atoms with Gasteiger partial charge in [0.2, 0.25) is 0 Å². The number of hydrogen-bond acceptors (Lipinski definition) is 4. The number of amides is 2. The van der Waals surface area contributed by atoms with Crippen molar-refractivity contribution in [3.63, 3.8) is 0 Å². The molecule has 0 atom stereocenters. The number of nitrogens with zero attached hydrogens (tertiary/aromatic N) is 3. The van der Waals surface area contributed by atoms with Crippen LogP contribution in [0.3, 0.4) is 0 Å². The Hall–Kier alpha value is -4.86. The fourth-order valence-corrected chi connectivity index (χ4v) is 3.82. The molecule has 3 aromatic rings. The first-order chi connectivity index (χ1) is 18.3. The first-order valence-electron chi connectivity index (χ1n) is 12.2. The number of likely N-dealkylation sites (tertiary alicyclic amines) is 1. The number of aliphatic carboxylic acids is 2. The molecule has 0 aromatic heterocycles. The molecule has 1 aliphatic heterocycles. The molecule has 1 fully saturated rings. The summed E-state index contributed by atoms with van der Waals surface area (Å²) in [6.45, 7) is 2.50. The average Bonchev–Trinajstić information content (AvgIpc) is 3.47. The molecule has 0 saturated carbocycles. The molecule has 10 heteroatoms. The highest BCUT2D eigenvalue weighted by molar-refractivity contribution is 6.27. The summed E-state index contributed by atoms with van der Waals surface area (Å²) < 4.78 is 0. The van der Waals surface area contributed by atoms with Gasteiger partial charge in [-0.25, -0.2) is 19.4 Å². The Morgan fingerprint density at radius 1 is 0.816 bits per heavy atom. The minimum atomic E-state index is -1.82. The van der Waals surface area contributed by atoms with Crippen molar-refractivity contribution in [2.45, 2.75) is 19.3 Å². The van der Waals surface area contributed by atoms with Crippen LogP contribution in [0.4, 0.5) is 21.9 Å². The number of aliphatic imine (C=N–C) groups is 1. The molecule has 1 saturated heterocycles. The fourth-order valence-electron chi connectivity index (χ4n) is 3.82. The van der Waals surface area contributed by atoms with Crippen LogP contribution in [0, 0.1) is 0 Å². The number of rotatable bonds is 6. The standard InChI is InChI=1S/C26H29N5O.C2H2O4/c27-25(30-19-7-8-20-30)29-22-15-13-21(14-16-22)17-18-28-26(32)31(23-9-3-1-4-10-23)24-11-5-2-6-12-24;3-1(4)2(5)6/h1-6,9-16H,7-8,17-20H2,(H2,27,29)(H,28,32);(H,3,4)(H,5,6). The molecule has 4 rings (SSSR count). The number of carbonyl (C=O) groups is 3. The zero-order valence-electron chi connectivity index (χ0n) is 20.9. The van der Waals surface area contributed by atoms with Gasteiger partial charge in [-0.3, -0.25) is 4.90 Å². The number of guanidine groups is 1. The van der Waals surface area contributed by atoms with Gasteiger partial charge < -0.3 is 26.2 Å². The van der Waals surface area contributed by atoms with Crippen LogP contribution in [0.15, 0.2) is 89.9 Å². The van der Waals surface area contributed by atoms with E-state index in [0.29, 0.717) is 12.5 Å². The highest BCUT2D eigenvalue weighted by Gasteiger charge is 2.17. The van der Waals surface area contributed by atoms with E-state index in [0.717, 1.165) is 42.1 Å². The van der Waals surface area contributed by atoms with Gasteiger partial charge in [0.25, 0.3) is 0 Å². The largest absolute Gasteiger partial charge is 0.473 e. The van der Waals surface area contributed by atoms with Crippen LogP contribution in [0.5, 0.6) is 0 Å². The van der Waals surface area contributed by atoms with Gasteiger partial charge >= 0.3 is 18.0 Å². The number of hydrogen-bond donors (Lipinski definition) is 4. The Morgan fingerprint density at radius 3 is 1.79 bits per heavy atom. The number of para-hydroxylation sites is 2. The molecule has 0 radical (unpaired) electrons. The van der Waals surface area contributed by atoms with Gasteiger partial charge in [-0.1, -0.05) is 48.5 Å². The van der Waals surface area contributed by atoms with Gasteiger partial charge in [0, 0.05) is 19.6 Å². The van der Waals surface area contributed by atoms with E-state index in [-0.39, 0.29) is 6.03 Å². The highest BCUT2D eigenvalue weighted by Crippen LogP contribution is 2.25. The van der Waals surface area contributed by atoms with Gasteiger partial charge in [-0.2, -0.15) is 0 Å². The van der Waals surface area contributed by atoms with Gasteiger partial charge in [-0.05, 0) is 61.2 Å². The van der Waals surface area contributed by atoms with Crippen molar-refractivity contribution in [1.29, 1.82) is 0 Å². The lowest BCUT2D eigenvalue weighted by Gasteiger charge is -2.23. The summed E-state index contributed by atoms with van der Waals surface area (Å²) in [5, 5.41) is 17.8. The molecular weight excluding hydrogens is 486 g/mol. The Bertz CT molecular complexity index is 1180. The van der Waals surface area contributed by atoms with Crippen molar-refractivity contribution in [3.05, 3.63) is 90.5 Å². The van der Waals surface area contributed by atoms with Crippen molar-refractivity contribution in [1.82, 2.24) is 10.2 Å². The molecular formula is C28H31N5O5. The molecule has 0 bridgehead atoms. The number of anilines is 2. The van der Waals surface area contributed by atoms with Gasteiger partial charge in [0.1, 0.15) is 0 Å². The maximum absolute atomic E-state index is 13.0. The predicted octanol–water partition coefficient (Wildman–Crippen LogP) is 3.97. The molecule has 0 spiro atoms. The molecule has 0 unspecified atom stereocenters. The summed E-state index contributed by atoms with van der Waals surface area (Å²) in [6, 6.07) is 27.2. The van der Waals surface area contributed by atoms with Crippen LogP contribution in [0.25, 0.3) is 0 Å². The summed E-state index contributed by atoms with van der Waals surface area (Å²) in [4.78, 5) is 39.6. The normalized spacial score (nSPS) is 12.7. The van der Waals surface area contributed by atoms with E-state index in [9.17, 15) is 4.79 Å². The van der Waals surface area contributed by atoms with Gasteiger partial charge in [0.15, 0.2) is 5.96 Å². The SMILES string of the molecule is NC(=Nc1ccc(CCNC(=O)N(c2ccccc2)c2ccccc2)cc1)N1CCCC1.O=C(O)C(=O)O. The minimum absolute atomic E-state index is 0.151. The lowest BCUT2D eigenvalue weighted by molar-refractivity contribution is -0.159. The minimum Gasteiger partial charge on any atom is -0.473 e. The number of urea groups is 1. The number of carboxylic acid groups (broad SMARTS) is 2. The monoisotopic (exact) mass is 517 g/mol. The maximum Gasteiger partial charge on any atom is 0.414 e. The topological polar surface area (TPSA) is 149 Å². The zero-order valence-corrected chi connectivity index (χ0v) is 20.9. The summed E-state index contributed by atoms with van der Waals surface area (Å²) in [5.74, 6) is -3.06. The van der Waals surface area contributed by atoms with E-state index < -0.39 is 11.9 Å². The predicted molar refractivity (Wildman–Crippen MR) is 146 cm³/mol. The number of nitrogens with one attached hydrogen (secondary N) is 1. The second kappa shape index (κ2) is 14.0. The molecule has 3 aromatic carbocycles. The molecule has 198 valence electrons. The number of carboxylic acids is 2. The van der Waals surface area contributed by atoms with Crippen molar-refractivity contribution in [2.75, 3.05) is 24.5 Å². The quantitative estimate of drug-likeness (QED) is 0.220. The molecule has 1 aliphatic rings. The zero-order chi connectivity index (χ0) is 27.3. The van der Waals surface area contributed by atoms with E-state index in [4.69, 9.17) is 25.5 Å². The molecule has 5 N–H and O–H groups in total. The van der Waals surface area contributed by atoms with Crippen LogP contribution in [-0.4, -0.2) is 58.7 Å². The van der Waals surface area contributed by atoms with Crippen molar-refractivity contribution in [2.24, 2.45) is 10.7 Å². The van der Waals surface area contributed by atoms with Crippen LogP contribution >= 0.6 is 0 Å². The molecule has 0 aliphatic carbocycles. The third kappa shape index (κ3) is 8.37. The Balaban J connectivity index is 0.000000599. The van der Waals surface area contributed by atoms with Crippen molar-refractivity contribution in [3.8, 4) is 0 Å². The first kappa shape index (κ1) is 27.7. The number of carbonyl (C=O) groups excluding carboxylic acids is 1. The van der Waals surface area contributed by atoms with Crippen LogP contribution in [0.2, 0.25) is 0 Å². The van der Waals surface area contributed by atoms with E-state index >= 15 is 0 Å². The van der Waals surface area contributed by atoms with E-state index in [1.54, 1.807) is 4.90 Å². The van der Waals surface area contributed by atoms with Crippen molar-refractivity contribution < 1.29 is 24.6 Å². The summed E-state index contributed by atoms with van der Waals surface area (Å²) in [7, 11) is 0. The molecule has 38 heavy (non-hydrogen) atoms. The van der Waals surface area contributed by atoms with Gasteiger partial charge in [-0.15, -0.1) is 0 Å². The van der Waals surface area contributed by atoms with E-state index in [2.05, 4.69) is 15.2 Å². The lowest BCUT2D eigenvalue weighted by atomic mass is 10.1. The lowest BCUT2D eigenvalue weighted by Crippen LogP contribution is -2.37. The smallest absolute Gasteiger partial charge is 0.414 e. The summed E-state index contributed by atoms with van der Waals surface area (Å²) in [6.07, 6.45) is 3.08. The van der Waals surface area contributed by atoms with Gasteiger partial charge in [0.05, 0.1) is 17.1 Å². The third-order valence-corrected chi connectivity index (χ3v) is 5.71. The maximum atomic E-state index is 13.0. The summed E-state index contributed by atoms with van der Waals surface area (Å²) in [5.41, 5.74) is 9.75. The Labute approximate surface area is 221 Å². The van der Waals surface area contributed by atoms with Crippen LogP contribution in [-0.2, 0) is 16.0 Å². The Morgan fingerprint density at radius 2 is 1.32 bits per heavy atom.